The Bertz CT molecular complexity index is 809. The fourth-order valence-corrected chi connectivity index (χ4v) is 3.80. The van der Waals surface area contributed by atoms with E-state index in [0.29, 0.717) is 22.5 Å². The molecular weight excluding hydrogens is 508 g/mol. The first-order valence-corrected chi connectivity index (χ1v) is 10.00. The second-order valence-electron chi connectivity index (χ2n) is 6.80. The van der Waals surface area contributed by atoms with Crippen molar-refractivity contribution in [1.29, 1.82) is 0 Å². The molecule has 0 spiro atoms. The highest BCUT2D eigenvalue weighted by atomic mass is 127. The number of aliphatic imine (C=N–C) groups is 1. The molecule has 0 bridgehead atoms. The van der Waals surface area contributed by atoms with Gasteiger partial charge in [0.25, 0.3) is 0 Å². The predicted octanol–water partition coefficient (Wildman–Crippen LogP) is 5.16. The lowest BCUT2D eigenvalue weighted by molar-refractivity contribution is 0.573. The number of benzene rings is 1. The highest BCUT2D eigenvalue weighted by Crippen LogP contribution is 2.26. The second-order valence-corrected chi connectivity index (χ2v) is 7.65. The summed E-state index contributed by atoms with van der Waals surface area (Å²) in [6.45, 7) is 4.63. The zero-order valence-electron chi connectivity index (χ0n) is 15.9. The van der Waals surface area contributed by atoms with Crippen molar-refractivity contribution in [3.05, 3.63) is 57.7 Å². The van der Waals surface area contributed by atoms with Crippen molar-refractivity contribution in [1.82, 2.24) is 10.3 Å². The van der Waals surface area contributed by atoms with Gasteiger partial charge in [0.2, 0.25) is 0 Å². The van der Waals surface area contributed by atoms with Crippen molar-refractivity contribution in [3.63, 3.8) is 0 Å². The van der Waals surface area contributed by atoms with E-state index >= 15 is 0 Å². The molecule has 5 nitrogen and oxygen atoms in total. The molecule has 3 N–H and O–H groups in total. The van der Waals surface area contributed by atoms with Crippen LogP contribution in [-0.4, -0.2) is 24.0 Å². The highest BCUT2D eigenvalue weighted by Gasteiger charge is 2.13. The lowest BCUT2D eigenvalue weighted by atomic mass is 10.1. The topological polar surface area (TPSA) is 66.5 Å². The van der Waals surface area contributed by atoms with Crippen LogP contribution < -0.4 is 16.0 Å². The van der Waals surface area contributed by atoms with Crippen LogP contribution in [0.1, 0.15) is 43.4 Å². The molecule has 0 amide bonds. The molecule has 1 unspecified atom stereocenters. The van der Waals surface area contributed by atoms with E-state index in [0.717, 1.165) is 30.0 Å². The molecule has 2 heterocycles. The van der Waals surface area contributed by atoms with Crippen LogP contribution in [0.3, 0.4) is 0 Å². The third-order valence-electron chi connectivity index (χ3n) is 4.72. The quantitative estimate of drug-likeness (QED) is 0.316. The molecule has 8 heteroatoms. The maximum absolute atomic E-state index is 6.26. The Labute approximate surface area is 193 Å². The van der Waals surface area contributed by atoms with Gasteiger partial charge in [-0.3, -0.25) is 0 Å². The molecule has 0 radical (unpaired) electrons. The van der Waals surface area contributed by atoms with Gasteiger partial charge in [-0.1, -0.05) is 29.3 Å². The highest BCUT2D eigenvalue weighted by molar-refractivity contribution is 14.0. The number of nitrogens with zero attached hydrogens (tertiary/aromatic N) is 3. The van der Waals surface area contributed by atoms with Gasteiger partial charge < -0.3 is 16.0 Å². The van der Waals surface area contributed by atoms with Crippen LogP contribution in [0.15, 0.2) is 41.5 Å². The summed E-state index contributed by atoms with van der Waals surface area (Å²) in [4.78, 5) is 11.3. The molecule has 2 aromatic rings. The molecule has 1 aromatic carbocycles. The van der Waals surface area contributed by atoms with Gasteiger partial charge in [0.05, 0.1) is 12.6 Å². The lowest BCUT2D eigenvalue weighted by Gasteiger charge is -2.27. The largest absolute Gasteiger partial charge is 0.370 e. The van der Waals surface area contributed by atoms with Gasteiger partial charge in [0.1, 0.15) is 5.82 Å². The number of anilines is 1. The van der Waals surface area contributed by atoms with E-state index in [1.54, 1.807) is 6.07 Å². The Balaban J connectivity index is 0.00000280. The lowest BCUT2D eigenvalue weighted by Crippen LogP contribution is -2.34. The van der Waals surface area contributed by atoms with Crippen molar-refractivity contribution in [2.75, 3.05) is 18.0 Å². The number of rotatable bonds is 5. The molecule has 1 saturated heterocycles. The van der Waals surface area contributed by atoms with Crippen molar-refractivity contribution >= 4 is 59.0 Å². The Morgan fingerprint density at radius 2 is 1.96 bits per heavy atom. The van der Waals surface area contributed by atoms with Gasteiger partial charge in [-0.25, -0.2) is 9.98 Å². The number of hydrogen-bond acceptors (Lipinski definition) is 3. The van der Waals surface area contributed by atoms with E-state index in [9.17, 15) is 0 Å². The molecule has 1 atom stereocenters. The first kappa shape index (κ1) is 23.0. The zero-order chi connectivity index (χ0) is 19.2. The van der Waals surface area contributed by atoms with Crippen LogP contribution in [0, 0.1) is 0 Å². The molecule has 1 aromatic heterocycles. The Hall–Kier alpha value is -1.25. The summed E-state index contributed by atoms with van der Waals surface area (Å²) in [7, 11) is 0. The van der Waals surface area contributed by atoms with E-state index in [2.05, 4.69) is 26.3 Å². The van der Waals surface area contributed by atoms with E-state index in [-0.39, 0.29) is 30.0 Å². The summed E-state index contributed by atoms with van der Waals surface area (Å²) in [6, 6.07) is 9.44. The second kappa shape index (κ2) is 11.1. The number of nitrogens with one attached hydrogen (secondary N) is 1. The van der Waals surface area contributed by atoms with Gasteiger partial charge in [0, 0.05) is 29.3 Å². The molecule has 1 aliphatic heterocycles. The van der Waals surface area contributed by atoms with Crippen LogP contribution in [0.4, 0.5) is 5.82 Å². The average Bonchev–Trinajstić information content (AvgIpc) is 2.67. The predicted molar refractivity (Wildman–Crippen MR) is 129 cm³/mol. The summed E-state index contributed by atoms with van der Waals surface area (Å²) >= 11 is 12.2. The van der Waals surface area contributed by atoms with E-state index in [1.165, 1.54) is 19.3 Å². The smallest absolute Gasteiger partial charge is 0.189 e. The van der Waals surface area contributed by atoms with Crippen LogP contribution in [-0.2, 0) is 6.54 Å². The number of nitrogens with two attached hydrogens (primary N) is 1. The molecule has 152 valence electrons. The third-order valence-corrected chi connectivity index (χ3v) is 5.28. The van der Waals surface area contributed by atoms with Crippen LogP contribution in [0.2, 0.25) is 10.0 Å². The van der Waals surface area contributed by atoms with E-state index < -0.39 is 0 Å². The molecule has 0 saturated carbocycles. The maximum atomic E-state index is 6.26. The van der Waals surface area contributed by atoms with E-state index in [1.807, 2.05) is 31.3 Å². The molecule has 3 rings (SSSR count). The minimum atomic E-state index is -0.0696. The average molecular weight is 534 g/mol. The standard InChI is InChI=1S/C20H25Cl2N5.HI/c1-14(17-6-5-16(21)12-18(17)22)26-20(23)25-13-15-7-8-24-19(11-15)27-9-3-2-4-10-27;/h5-8,11-12,14H,2-4,9-10,13H2,1H3,(H3,23,25,26);1H. The fraction of sp³-hybridized carbons (Fsp3) is 0.400. The van der Waals surface area contributed by atoms with E-state index in [4.69, 9.17) is 28.9 Å². The summed E-state index contributed by atoms with van der Waals surface area (Å²) in [6.07, 6.45) is 5.60. The van der Waals surface area contributed by atoms with Crippen molar-refractivity contribution < 1.29 is 0 Å². The number of halogens is 3. The monoisotopic (exact) mass is 533 g/mol. The SMILES string of the molecule is CC(NC(N)=NCc1ccnc(N2CCCCC2)c1)c1ccc(Cl)cc1Cl.I. The van der Waals surface area contributed by atoms with Crippen molar-refractivity contribution in [3.8, 4) is 0 Å². The number of piperidine rings is 1. The van der Waals surface area contributed by atoms with Crippen LogP contribution in [0.5, 0.6) is 0 Å². The van der Waals surface area contributed by atoms with Crippen molar-refractivity contribution in [2.24, 2.45) is 10.7 Å². The molecule has 1 fully saturated rings. The maximum Gasteiger partial charge on any atom is 0.189 e. The van der Waals surface area contributed by atoms with Gasteiger partial charge in [-0.15, -0.1) is 24.0 Å². The first-order valence-electron chi connectivity index (χ1n) is 9.24. The fourth-order valence-electron chi connectivity index (χ4n) is 3.23. The van der Waals surface area contributed by atoms with Crippen molar-refractivity contribution in [2.45, 2.75) is 38.8 Å². The Morgan fingerprint density at radius 3 is 2.68 bits per heavy atom. The first-order chi connectivity index (χ1) is 13.0. The summed E-state index contributed by atoms with van der Waals surface area (Å²) in [5.74, 6) is 1.40. The number of pyridine rings is 1. The van der Waals surface area contributed by atoms with Gasteiger partial charge >= 0.3 is 0 Å². The van der Waals surface area contributed by atoms with Gasteiger partial charge in [0.15, 0.2) is 5.96 Å². The molecule has 28 heavy (non-hydrogen) atoms. The molecular formula is C20H26Cl2IN5. The normalized spacial score (nSPS) is 15.7. The zero-order valence-corrected chi connectivity index (χ0v) is 19.7. The number of hydrogen-bond donors (Lipinski definition) is 2. The minimum Gasteiger partial charge on any atom is -0.370 e. The summed E-state index contributed by atoms with van der Waals surface area (Å²) < 4.78 is 0. The van der Waals surface area contributed by atoms with Crippen LogP contribution in [0.25, 0.3) is 0 Å². The molecule has 1 aliphatic rings. The van der Waals surface area contributed by atoms with Crippen LogP contribution >= 0.6 is 47.2 Å². The number of aromatic nitrogens is 1. The summed E-state index contributed by atoms with van der Waals surface area (Å²) in [5, 5.41) is 4.40. The number of guanidine groups is 1. The van der Waals surface area contributed by atoms with Gasteiger partial charge in [-0.05, 0) is 61.6 Å². The summed E-state index contributed by atoms with van der Waals surface area (Å²) in [5.41, 5.74) is 8.08. The van der Waals surface area contributed by atoms with Gasteiger partial charge in [-0.2, -0.15) is 0 Å². The minimum absolute atomic E-state index is 0. The Morgan fingerprint density at radius 1 is 1.21 bits per heavy atom. The third kappa shape index (κ3) is 6.39. The molecule has 0 aliphatic carbocycles. The Kier molecular flexibility index (Phi) is 9.11.